The van der Waals surface area contributed by atoms with Crippen LogP contribution in [0.2, 0.25) is 0 Å². The highest BCUT2D eigenvalue weighted by atomic mass is 16.5. The number of allylic oxidation sites excluding steroid dienone is 4. The van der Waals surface area contributed by atoms with Crippen molar-refractivity contribution in [1.82, 2.24) is 5.32 Å². The van der Waals surface area contributed by atoms with Gasteiger partial charge in [0, 0.05) is 12.8 Å². The number of carbonyl (C=O) groups is 2. The van der Waals surface area contributed by atoms with Crippen LogP contribution in [0.5, 0.6) is 0 Å². The summed E-state index contributed by atoms with van der Waals surface area (Å²) in [6, 6.07) is -0.539. The van der Waals surface area contributed by atoms with Crippen LogP contribution in [0.4, 0.5) is 0 Å². The Hall–Kier alpha value is -1.66. The maximum atomic E-state index is 12.6. The van der Waals surface area contributed by atoms with Gasteiger partial charge in [0.05, 0.1) is 25.4 Å². The smallest absolute Gasteiger partial charge is 0.305 e. The van der Waals surface area contributed by atoms with Crippen LogP contribution in [-0.4, -0.2) is 47.4 Å². The summed E-state index contributed by atoms with van der Waals surface area (Å²) in [5.74, 6) is -0.0134. The number of amides is 1. The second kappa shape index (κ2) is 75.8. The fourth-order valence-electron chi connectivity index (χ4n) is 12.7. The fraction of sp³-hybridized carbons (Fsp3) is 0.925. The average Bonchev–Trinajstić information content (AvgIpc) is 3.55. The zero-order chi connectivity index (χ0) is 62.0. The van der Waals surface area contributed by atoms with Gasteiger partial charge in [-0.15, -0.1) is 0 Å². The second-order valence-electron chi connectivity index (χ2n) is 27.4. The van der Waals surface area contributed by atoms with Gasteiger partial charge in [-0.1, -0.05) is 385 Å². The first kappa shape index (κ1) is 84.3. The molecule has 6 nitrogen and oxygen atoms in total. The van der Waals surface area contributed by atoms with E-state index in [0.29, 0.717) is 25.9 Å². The van der Waals surface area contributed by atoms with Gasteiger partial charge in [-0.05, 0) is 77.0 Å². The summed E-state index contributed by atoms with van der Waals surface area (Å²) in [5.41, 5.74) is 0. The maximum absolute atomic E-state index is 12.6. The molecule has 2 unspecified atom stereocenters. The van der Waals surface area contributed by atoms with Gasteiger partial charge in [0.1, 0.15) is 0 Å². The van der Waals surface area contributed by atoms with E-state index in [0.717, 1.165) is 44.9 Å². The molecule has 0 aliphatic carbocycles. The van der Waals surface area contributed by atoms with Gasteiger partial charge in [0.15, 0.2) is 0 Å². The monoisotopic (exact) mass is 1210 g/mol. The number of unbranched alkanes of at least 4 members (excludes halogenated alkanes) is 60. The van der Waals surface area contributed by atoms with E-state index in [2.05, 4.69) is 43.5 Å². The minimum absolute atomic E-state index is 0.0132. The highest BCUT2D eigenvalue weighted by Crippen LogP contribution is 2.20. The Morgan fingerprint density at radius 3 is 0.826 bits per heavy atom. The Kier molecular flexibility index (Phi) is 74.3. The molecule has 3 N–H and O–H groups in total. The van der Waals surface area contributed by atoms with Crippen LogP contribution in [0.25, 0.3) is 0 Å². The molecule has 0 aromatic rings. The maximum Gasteiger partial charge on any atom is 0.305 e. The van der Waals surface area contributed by atoms with Crippen LogP contribution in [-0.2, 0) is 14.3 Å². The molecule has 0 aromatic carbocycles. The molecular formula is C80H155NO5. The number of carbonyl (C=O) groups excluding carboxylic acids is 2. The second-order valence-corrected chi connectivity index (χ2v) is 27.4. The van der Waals surface area contributed by atoms with Crippen LogP contribution in [0, 0.1) is 0 Å². The van der Waals surface area contributed by atoms with Crippen molar-refractivity contribution in [3.8, 4) is 0 Å². The van der Waals surface area contributed by atoms with Crippen LogP contribution in [0.15, 0.2) is 24.3 Å². The molecule has 1 amide bonds. The van der Waals surface area contributed by atoms with Gasteiger partial charge in [-0.2, -0.15) is 0 Å². The van der Waals surface area contributed by atoms with Crippen molar-refractivity contribution in [3.05, 3.63) is 24.3 Å². The van der Waals surface area contributed by atoms with E-state index in [1.807, 2.05) is 0 Å². The lowest BCUT2D eigenvalue weighted by Gasteiger charge is -2.22. The quantitative estimate of drug-likeness (QED) is 0.0320. The van der Waals surface area contributed by atoms with Gasteiger partial charge < -0.3 is 20.3 Å². The summed E-state index contributed by atoms with van der Waals surface area (Å²) in [6.45, 7) is 4.99. The summed E-state index contributed by atoms with van der Waals surface area (Å²) < 4.78 is 5.50. The van der Waals surface area contributed by atoms with Crippen LogP contribution in [0.1, 0.15) is 450 Å². The molecule has 0 radical (unpaired) electrons. The van der Waals surface area contributed by atoms with Crippen molar-refractivity contribution < 1.29 is 24.5 Å². The van der Waals surface area contributed by atoms with Crippen LogP contribution < -0.4 is 5.32 Å². The molecule has 0 bridgehead atoms. The average molecular weight is 1210 g/mol. The van der Waals surface area contributed by atoms with Crippen molar-refractivity contribution >= 4 is 11.9 Å². The zero-order valence-corrected chi connectivity index (χ0v) is 58.6. The molecule has 0 fully saturated rings. The summed E-state index contributed by atoms with van der Waals surface area (Å²) in [4.78, 5) is 24.6. The Morgan fingerprint density at radius 2 is 0.547 bits per heavy atom. The number of ether oxygens (including phenoxy) is 1. The minimum Gasteiger partial charge on any atom is -0.466 e. The number of hydrogen-bond acceptors (Lipinski definition) is 5. The lowest BCUT2D eigenvalue weighted by atomic mass is 10.0. The van der Waals surface area contributed by atoms with Crippen LogP contribution >= 0.6 is 0 Å². The van der Waals surface area contributed by atoms with E-state index in [1.54, 1.807) is 0 Å². The van der Waals surface area contributed by atoms with E-state index >= 15 is 0 Å². The molecule has 0 rings (SSSR count). The standard InChI is InChI=1S/C80H155NO5/c1-3-5-7-9-11-13-15-17-19-20-38-41-45-48-52-56-60-64-68-72-78(83)77(76-82)81-79(84)73-69-65-61-57-53-49-46-42-39-36-34-32-30-28-26-24-22-21-23-25-27-29-31-33-35-37-40-43-47-51-55-59-63-67-71-75-86-80(85)74-70-66-62-58-54-50-44-18-16-14-12-10-8-6-4-2/h18,23,25,44,77-78,82-83H,3-17,19-22,24,26-43,45-76H2,1-2H3,(H,81,84)/b25-23-,44-18-. The zero-order valence-electron chi connectivity index (χ0n) is 58.6. The third-order valence-corrected chi connectivity index (χ3v) is 18.7. The summed E-state index contributed by atoms with van der Waals surface area (Å²) in [7, 11) is 0. The van der Waals surface area contributed by atoms with Crippen molar-refractivity contribution in [1.29, 1.82) is 0 Å². The molecule has 0 saturated carbocycles. The molecule has 0 aliphatic rings. The highest BCUT2D eigenvalue weighted by Gasteiger charge is 2.20. The van der Waals surface area contributed by atoms with E-state index in [9.17, 15) is 19.8 Å². The number of rotatable bonds is 75. The third-order valence-electron chi connectivity index (χ3n) is 18.7. The molecule has 0 spiro atoms. The molecule has 2 atom stereocenters. The lowest BCUT2D eigenvalue weighted by Crippen LogP contribution is -2.45. The van der Waals surface area contributed by atoms with Gasteiger partial charge in [-0.3, -0.25) is 9.59 Å². The third kappa shape index (κ3) is 71.4. The van der Waals surface area contributed by atoms with Gasteiger partial charge >= 0.3 is 5.97 Å². The van der Waals surface area contributed by atoms with Crippen molar-refractivity contribution in [2.45, 2.75) is 463 Å². The Morgan fingerprint density at radius 1 is 0.314 bits per heavy atom. The van der Waals surface area contributed by atoms with E-state index < -0.39 is 12.1 Å². The first-order valence-corrected chi connectivity index (χ1v) is 39.6. The van der Waals surface area contributed by atoms with E-state index in [1.165, 1.54) is 372 Å². The van der Waals surface area contributed by atoms with Gasteiger partial charge in [-0.25, -0.2) is 0 Å². The summed E-state index contributed by atoms with van der Waals surface area (Å²) in [5, 5.41) is 23.4. The predicted octanol–water partition coefficient (Wildman–Crippen LogP) is 26.0. The number of aliphatic hydroxyl groups is 2. The number of hydrogen-bond donors (Lipinski definition) is 3. The topological polar surface area (TPSA) is 95.9 Å². The molecule has 6 heteroatoms. The normalized spacial score (nSPS) is 12.6. The Labute approximate surface area is 539 Å². The SMILES string of the molecule is CCCCCCCC/C=C\CCCCCCCC(=O)OCCCCCCCCCCCCCCCC/C=C\CCCCCCCCCCCCCCCCCCCC(=O)NC(CO)C(O)CCCCCCCCCCCCCCCCCCCCC. The molecule has 0 heterocycles. The van der Waals surface area contributed by atoms with Crippen molar-refractivity contribution in [3.63, 3.8) is 0 Å². The largest absolute Gasteiger partial charge is 0.466 e. The Bertz CT molecular complexity index is 1350. The van der Waals surface area contributed by atoms with E-state index in [-0.39, 0.29) is 18.5 Å². The first-order valence-electron chi connectivity index (χ1n) is 39.6. The summed E-state index contributed by atoms with van der Waals surface area (Å²) in [6.07, 6.45) is 97.0. The summed E-state index contributed by atoms with van der Waals surface area (Å²) >= 11 is 0. The minimum atomic E-state index is -0.662. The molecular weight excluding hydrogens is 1050 g/mol. The molecule has 0 aliphatic heterocycles. The number of nitrogens with one attached hydrogen (secondary N) is 1. The Balaban J connectivity index is 3.34. The molecule has 86 heavy (non-hydrogen) atoms. The van der Waals surface area contributed by atoms with Crippen molar-refractivity contribution in [2.24, 2.45) is 0 Å². The van der Waals surface area contributed by atoms with Gasteiger partial charge in [0.25, 0.3) is 0 Å². The lowest BCUT2D eigenvalue weighted by molar-refractivity contribution is -0.143. The fourth-order valence-corrected chi connectivity index (χ4v) is 12.7. The number of esters is 1. The van der Waals surface area contributed by atoms with Gasteiger partial charge in [0.2, 0.25) is 5.91 Å². The van der Waals surface area contributed by atoms with Crippen molar-refractivity contribution in [2.75, 3.05) is 13.2 Å². The molecule has 510 valence electrons. The van der Waals surface area contributed by atoms with Crippen LogP contribution in [0.3, 0.4) is 0 Å². The highest BCUT2D eigenvalue weighted by molar-refractivity contribution is 5.76. The first-order chi connectivity index (χ1) is 42.5. The van der Waals surface area contributed by atoms with E-state index in [4.69, 9.17) is 4.74 Å². The molecule has 0 saturated heterocycles. The molecule has 0 aromatic heterocycles. The number of aliphatic hydroxyl groups excluding tert-OH is 2. The predicted molar refractivity (Wildman–Crippen MR) is 380 cm³/mol.